The molecule has 0 radical (unpaired) electrons. The number of rotatable bonds is 9. The van der Waals surface area contributed by atoms with Crippen molar-refractivity contribution >= 4 is 23.3 Å². The van der Waals surface area contributed by atoms with Gasteiger partial charge in [-0.15, -0.1) is 13.2 Å². The third-order valence-corrected chi connectivity index (χ3v) is 6.28. The molecule has 0 bridgehead atoms. The molecule has 0 aliphatic carbocycles. The average Bonchev–Trinajstić information content (AvgIpc) is 2.93. The largest absolute Gasteiger partial charge is 0.573 e. The van der Waals surface area contributed by atoms with Gasteiger partial charge in [-0.05, 0) is 54.3 Å². The zero-order chi connectivity index (χ0) is 28.7. The van der Waals surface area contributed by atoms with E-state index in [1.165, 1.54) is 31.4 Å². The van der Waals surface area contributed by atoms with Crippen molar-refractivity contribution in [3.8, 4) is 22.6 Å². The van der Waals surface area contributed by atoms with E-state index in [1.54, 1.807) is 48.5 Å². The third-order valence-electron chi connectivity index (χ3n) is 6.28. The molecule has 3 aromatic carbocycles. The summed E-state index contributed by atoms with van der Waals surface area (Å²) in [5.74, 6) is -1.62. The van der Waals surface area contributed by atoms with Crippen molar-refractivity contribution in [2.45, 2.75) is 25.3 Å². The normalized spacial score (nSPS) is 14.3. The second-order valence-electron chi connectivity index (χ2n) is 9.11. The quantitative estimate of drug-likeness (QED) is 0.290. The van der Waals surface area contributed by atoms with Crippen molar-refractivity contribution in [3.63, 3.8) is 0 Å². The van der Waals surface area contributed by atoms with Gasteiger partial charge in [-0.2, -0.15) is 0 Å². The zero-order valence-corrected chi connectivity index (χ0v) is 21.6. The fourth-order valence-corrected chi connectivity index (χ4v) is 4.37. The number of hydrogen-bond donors (Lipinski definition) is 1. The lowest BCUT2D eigenvalue weighted by Crippen LogP contribution is -2.42. The summed E-state index contributed by atoms with van der Waals surface area (Å²) in [7, 11) is 1.18. The van der Waals surface area contributed by atoms with Crippen LogP contribution in [0.15, 0.2) is 72.8 Å². The average molecular weight is 557 g/mol. The number of esters is 1. The summed E-state index contributed by atoms with van der Waals surface area (Å²) < 4.78 is 51.9. The Kier molecular flexibility index (Phi) is 9.05. The fourth-order valence-electron chi connectivity index (χ4n) is 4.37. The van der Waals surface area contributed by atoms with E-state index in [1.807, 2.05) is 4.90 Å². The van der Waals surface area contributed by atoms with Crippen LogP contribution in [0.1, 0.15) is 23.2 Å². The molecule has 1 fully saturated rings. The second-order valence-corrected chi connectivity index (χ2v) is 9.11. The minimum absolute atomic E-state index is 0.00780. The number of alkyl halides is 3. The first-order valence-corrected chi connectivity index (χ1v) is 12.5. The molecule has 11 heteroatoms. The maximum absolute atomic E-state index is 13.2. The molecule has 1 heterocycles. The highest BCUT2D eigenvalue weighted by Crippen LogP contribution is 2.29. The molecule has 4 rings (SSSR count). The van der Waals surface area contributed by atoms with Gasteiger partial charge in [-0.3, -0.25) is 14.5 Å². The first kappa shape index (κ1) is 28.6. The number of anilines is 1. The first-order valence-electron chi connectivity index (χ1n) is 12.5. The number of amides is 1. The molecule has 1 amide bonds. The summed E-state index contributed by atoms with van der Waals surface area (Å²) in [5.41, 5.74) is 1.94. The maximum Gasteiger partial charge on any atom is 0.573 e. The number of carbonyl (C=O) groups excluding carboxylic acids is 3. The van der Waals surface area contributed by atoms with Crippen LogP contribution in [0.2, 0.25) is 0 Å². The summed E-state index contributed by atoms with van der Waals surface area (Å²) >= 11 is 0. The topological polar surface area (TPSA) is 94.2 Å². The molecule has 0 saturated carbocycles. The Bertz CT molecular complexity index is 1350. The van der Waals surface area contributed by atoms with Gasteiger partial charge in [0.25, 0.3) is 11.7 Å². The number of ketones is 1. The van der Waals surface area contributed by atoms with E-state index >= 15 is 0 Å². The predicted molar refractivity (Wildman–Crippen MR) is 140 cm³/mol. The number of nitrogens with zero attached hydrogens (tertiary/aromatic N) is 1. The number of benzene rings is 3. The third kappa shape index (κ3) is 7.82. The van der Waals surface area contributed by atoms with Gasteiger partial charge in [0.1, 0.15) is 17.6 Å². The van der Waals surface area contributed by atoms with Crippen LogP contribution >= 0.6 is 0 Å². The molecular weight excluding hydrogens is 529 g/mol. The van der Waals surface area contributed by atoms with Crippen LogP contribution in [-0.4, -0.2) is 61.8 Å². The van der Waals surface area contributed by atoms with Crippen LogP contribution in [0, 0.1) is 0 Å². The SMILES string of the molecule is COC(=O)C(=O)CN1CCC(Oc2cccc(NC(=O)c3ccccc3-c3ccc(OC(F)(F)F)cc3)c2)CC1. The van der Waals surface area contributed by atoms with Crippen molar-refractivity contribution in [1.29, 1.82) is 0 Å². The molecule has 40 heavy (non-hydrogen) atoms. The summed E-state index contributed by atoms with van der Waals surface area (Å²) in [6.45, 7) is 1.18. The Morgan fingerprint density at radius 1 is 0.925 bits per heavy atom. The predicted octanol–water partition coefficient (Wildman–Crippen LogP) is 5.09. The van der Waals surface area contributed by atoms with E-state index < -0.39 is 24.0 Å². The lowest BCUT2D eigenvalue weighted by atomic mass is 9.99. The number of methoxy groups -OCH3 is 1. The lowest BCUT2D eigenvalue weighted by molar-refractivity contribution is -0.274. The van der Waals surface area contributed by atoms with Gasteiger partial charge >= 0.3 is 12.3 Å². The second kappa shape index (κ2) is 12.6. The maximum atomic E-state index is 13.2. The Morgan fingerprint density at radius 3 is 2.30 bits per heavy atom. The van der Waals surface area contributed by atoms with E-state index in [4.69, 9.17) is 4.74 Å². The summed E-state index contributed by atoms with van der Waals surface area (Å²) in [6, 6.07) is 19.0. The highest BCUT2D eigenvalue weighted by molar-refractivity contribution is 6.34. The smallest absolute Gasteiger partial charge is 0.490 e. The molecule has 1 saturated heterocycles. The number of Topliss-reactive ketones (excluding diaryl/α,β-unsaturated/α-hetero) is 1. The van der Waals surface area contributed by atoms with Gasteiger partial charge in [0.2, 0.25) is 0 Å². The van der Waals surface area contributed by atoms with Gasteiger partial charge in [-0.25, -0.2) is 4.79 Å². The van der Waals surface area contributed by atoms with Crippen molar-refractivity contribution in [2.24, 2.45) is 0 Å². The molecule has 1 aliphatic rings. The number of ether oxygens (including phenoxy) is 3. The summed E-state index contributed by atoms with van der Waals surface area (Å²) in [4.78, 5) is 38.2. The van der Waals surface area contributed by atoms with Crippen LogP contribution in [-0.2, 0) is 14.3 Å². The molecule has 0 aromatic heterocycles. The van der Waals surface area contributed by atoms with Crippen LogP contribution < -0.4 is 14.8 Å². The van der Waals surface area contributed by atoms with Crippen molar-refractivity contribution in [3.05, 3.63) is 78.4 Å². The molecule has 0 unspecified atom stereocenters. The van der Waals surface area contributed by atoms with Gasteiger partial charge < -0.3 is 19.5 Å². The summed E-state index contributed by atoms with van der Waals surface area (Å²) in [6.07, 6.45) is -3.57. The first-order chi connectivity index (χ1) is 19.1. The zero-order valence-electron chi connectivity index (χ0n) is 21.6. The van der Waals surface area contributed by atoms with Gasteiger partial charge in [-0.1, -0.05) is 36.4 Å². The monoisotopic (exact) mass is 556 g/mol. The van der Waals surface area contributed by atoms with Gasteiger partial charge in [0, 0.05) is 30.4 Å². The number of likely N-dealkylation sites (tertiary alicyclic amines) is 1. The van der Waals surface area contributed by atoms with Crippen LogP contribution in [0.4, 0.5) is 18.9 Å². The fraction of sp³-hybridized carbons (Fsp3) is 0.276. The molecule has 1 N–H and O–H groups in total. The Hall–Kier alpha value is -4.38. The number of piperidine rings is 1. The molecule has 3 aromatic rings. The number of carbonyl (C=O) groups is 3. The minimum Gasteiger partial charge on any atom is -0.490 e. The highest BCUT2D eigenvalue weighted by Gasteiger charge is 2.31. The molecule has 1 aliphatic heterocycles. The molecule has 8 nitrogen and oxygen atoms in total. The van der Waals surface area contributed by atoms with Crippen molar-refractivity contribution in [1.82, 2.24) is 4.90 Å². The van der Waals surface area contributed by atoms with Crippen molar-refractivity contribution < 1.29 is 41.8 Å². The molecule has 210 valence electrons. The molecule has 0 atom stereocenters. The van der Waals surface area contributed by atoms with Crippen LogP contribution in [0.3, 0.4) is 0 Å². The molecule has 0 spiro atoms. The Balaban J connectivity index is 1.37. The van der Waals surface area contributed by atoms with Crippen LogP contribution in [0.5, 0.6) is 11.5 Å². The summed E-state index contributed by atoms with van der Waals surface area (Å²) in [5, 5.41) is 2.85. The van der Waals surface area contributed by atoms with E-state index in [0.717, 1.165) is 0 Å². The Morgan fingerprint density at radius 2 is 1.62 bits per heavy atom. The van der Waals surface area contributed by atoms with E-state index in [2.05, 4.69) is 14.8 Å². The van der Waals surface area contributed by atoms with E-state index in [9.17, 15) is 27.6 Å². The standard InChI is InChI=1S/C29H27F3N2O6/c1-38-28(37)26(35)18-34-15-13-21(14-16-34)39-23-6-4-5-20(17-23)33-27(36)25-8-3-2-7-24(25)19-9-11-22(12-10-19)40-29(30,31)32/h2-12,17,21H,13-16,18H2,1H3,(H,33,36). The van der Waals surface area contributed by atoms with E-state index in [-0.39, 0.29) is 18.4 Å². The van der Waals surface area contributed by atoms with Crippen LogP contribution in [0.25, 0.3) is 11.1 Å². The van der Waals surface area contributed by atoms with Crippen molar-refractivity contribution in [2.75, 3.05) is 32.1 Å². The van der Waals surface area contributed by atoms with E-state index in [0.29, 0.717) is 54.1 Å². The number of nitrogens with one attached hydrogen (secondary N) is 1. The molecular formula is C29H27F3N2O6. The number of halogens is 3. The Labute approximate surface area is 228 Å². The minimum atomic E-state index is -4.79. The van der Waals surface area contributed by atoms with Gasteiger partial charge in [0.05, 0.1) is 13.7 Å². The number of hydrogen-bond acceptors (Lipinski definition) is 7. The van der Waals surface area contributed by atoms with Gasteiger partial charge in [0.15, 0.2) is 0 Å². The lowest BCUT2D eigenvalue weighted by Gasteiger charge is -2.31. The highest BCUT2D eigenvalue weighted by atomic mass is 19.4.